The highest BCUT2D eigenvalue weighted by molar-refractivity contribution is 5.94. The van der Waals surface area contributed by atoms with Crippen LogP contribution in [0.2, 0.25) is 0 Å². The Morgan fingerprint density at radius 3 is 2.57 bits per heavy atom. The van der Waals surface area contributed by atoms with Gasteiger partial charge in [0.2, 0.25) is 5.91 Å². The van der Waals surface area contributed by atoms with Gasteiger partial charge in [0.25, 0.3) is 5.91 Å². The summed E-state index contributed by atoms with van der Waals surface area (Å²) in [5.74, 6) is 0.473. The summed E-state index contributed by atoms with van der Waals surface area (Å²) >= 11 is 0. The van der Waals surface area contributed by atoms with Crippen LogP contribution in [0.1, 0.15) is 54.1 Å². The molecule has 0 unspecified atom stereocenters. The molecular weight excluding hydrogens is 374 g/mol. The number of rotatable bonds is 3. The zero-order chi connectivity index (χ0) is 20.5. The molecule has 2 aromatic rings. The second-order valence-corrected chi connectivity index (χ2v) is 8.83. The van der Waals surface area contributed by atoms with E-state index >= 15 is 0 Å². The average Bonchev–Trinajstić information content (AvgIpc) is 3.24. The number of carbonyl (C=O) groups excluding carboxylic acids is 2. The van der Waals surface area contributed by atoms with Crippen LogP contribution in [0.5, 0.6) is 0 Å². The Labute approximate surface area is 177 Å². The van der Waals surface area contributed by atoms with Crippen molar-refractivity contribution in [1.29, 1.82) is 0 Å². The number of amides is 2. The predicted octanol–water partition coefficient (Wildman–Crippen LogP) is 3.99. The lowest BCUT2D eigenvalue weighted by molar-refractivity contribution is -0.138. The van der Waals surface area contributed by atoms with Crippen LogP contribution in [-0.4, -0.2) is 35.8 Å². The van der Waals surface area contributed by atoms with E-state index in [1.807, 2.05) is 36.4 Å². The fourth-order valence-corrected chi connectivity index (χ4v) is 5.55. The standard InChI is InChI=1S/C25H29N3O2/c29-24(17-8-2-1-3-9-17)27-22-13-7-5-11-20(22)25(30)28-15-14-18-16-26-21-12-6-4-10-19(21)23(18)28/h1-4,6,8-10,12,18,20,22-23,26H,5,7,11,13-16H2,(H,27,29)/t18-,20-,22+,23-/m0/s1. The van der Waals surface area contributed by atoms with Crippen molar-refractivity contribution in [3.05, 3.63) is 65.7 Å². The normalized spacial score (nSPS) is 27.5. The highest BCUT2D eigenvalue weighted by Crippen LogP contribution is 2.44. The predicted molar refractivity (Wildman–Crippen MR) is 117 cm³/mol. The molecule has 4 atom stereocenters. The number of hydrogen-bond donors (Lipinski definition) is 2. The Morgan fingerprint density at radius 1 is 0.933 bits per heavy atom. The van der Waals surface area contributed by atoms with Crippen LogP contribution in [0.4, 0.5) is 5.69 Å². The molecule has 5 heteroatoms. The van der Waals surface area contributed by atoms with E-state index in [0.717, 1.165) is 50.9 Å². The number of anilines is 1. The molecule has 2 amide bonds. The number of fused-ring (bicyclic) bond motifs is 3. The van der Waals surface area contributed by atoms with Gasteiger partial charge in [0.15, 0.2) is 0 Å². The number of carbonyl (C=O) groups is 2. The van der Waals surface area contributed by atoms with E-state index in [9.17, 15) is 9.59 Å². The molecule has 2 aromatic carbocycles. The number of hydrogen-bond acceptors (Lipinski definition) is 3. The Hall–Kier alpha value is -2.82. The van der Waals surface area contributed by atoms with Gasteiger partial charge in [-0.2, -0.15) is 0 Å². The fourth-order valence-electron chi connectivity index (χ4n) is 5.55. The second-order valence-electron chi connectivity index (χ2n) is 8.83. The zero-order valence-electron chi connectivity index (χ0n) is 17.2. The van der Waals surface area contributed by atoms with Gasteiger partial charge >= 0.3 is 0 Å². The number of benzene rings is 2. The summed E-state index contributed by atoms with van der Waals surface area (Å²) < 4.78 is 0. The van der Waals surface area contributed by atoms with Crippen molar-refractivity contribution < 1.29 is 9.59 Å². The van der Waals surface area contributed by atoms with Crippen LogP contribution >= 0.6 is 0 Å². The molecule has 156 valence electrons. The fraction of sp³-hybridized carbons (Fsp3) is 0.440. The van der Waals surface area contributed by atoms with Gasteiger partial charge in [0.05, 0.1) is 12.0 Å². The summed E-state index contributed by atoms with van der Waals surface area (Å²) in [5, 5.41) is 6.71. The first-order chi connectivity index (χ1) is 14.7. The Balaban J connectivity index is 1.36. The van der Waals surface area contributed by atoms with Crippen LogP contribution in [0, 0.1) is 11.8 Å². The van der Waals surface area contributed by atoms with E-state index in [1.165, 1.54) is 5.56 Å². The molecule has 5 nitrogen and oxygen atoms in total. The molecule has 0 radical (unpaired) electrons. The molecule has 0 aromatic heterocycles. The lowest BCUT2D eigenvalue weighted by Gasteiger charge is -2.39. The van der Waals surface area contributed by atoms with Crippen molar-refractivity contribution in [2.75, 3.05) is 18.4 Å². The van der Waals surface area contributed by atoms with E-state index < -0.39 is 0 Å². The summed E-state index contributed by atoms with van der Waals surface area (Å²) in [6.45, 7) is 1.73. The number of nitrogens with one attached hydrogen (secondary N) is 2. The van der Waals surface area contributed by atoms with E-state index in [1.54, 1.807) is 0 Å². The monoisotopic (exact) mass is 403 g/mol. The lowest BCUT2D eigenvalue weighted by Crippen LogP contribution is -2.50. The minimum absolute atomic E-state index is 0.0770. The van der Waals surface area contributed by atoms with Gasteiger partial charge in [-0.25, -0.2) is 0 Å². The maximum absolute atomic E-state index is 13.7. The molecule has 1 aliphatic carbocycles. The van der Waals surface area contributed by atoms with Gasteiger partial charge in [-0.1, -0.05) is 49.2 Å². The maximum Gasteiger partial charge on any atom is 0.251 e. The molecule has 1 saturated heterocycles. The summed E-state index contributed by atoms with van der Waals surface area (Å²) in [5.41, 5.74) is 3.04. The van der Waals surface area contributed by atoms with Gasteiger partial charge in [0.1, 0.15) is 0 Å². The Bertz CT molecular complexity index is 929. The largest absolute Gasteiger partial charge is 0.384 e. The number of nitrogens with zero attached hydrogens (tertiary/aromatic N) is 1. The first-order valence-corrected chi connectivity index (χ1v) is 11.2. The lowest BCUT2D eigenvalue weighted by atomic mass is 9.82. The molecule has 2 N–H and O–H groups in total. The van der Waals surface area contributed by atoms with E-state index in [2.05, 4.69) is 33.7 Å². The van der Waals surface area contributed by atoms with Crippen molar-refractivity contribution in [2.45, 2.75) is 44.2 Å². The SMILES string of the molecule is O=C(N[C@@H]1CCCC[C@@H]1C(=O)N1CC[C@H]2CNc3ccccc3[C@H]21)c1ccccc1. The van der Waals surface area contributed by atoms with Crippen LogP contribution < -0.4 is 10.6 Å². The van der Waals surface area contributed by atoms with Crippen LogP contribution in [0.3, 0.4) is 0 Å². The molecule has 0 bridgehead atoms. The maximum atomic E-state index is 13.7. The van der Waals surface area contributed by atoms with Gasteiger partial charge in [0, 0.05) is 36.3 Å². The molecule has 2 aliphatic heterocycles. The molecule has 30 heavy (non-hydrogen) atoms. The zero-order valence-corrected chi connectivity index (χ0v) is 17.2. The number of likely N-dealkylation sites (tertiary alicyclic amines) is 1. The Kier molecular flexibility index (Phi) is 5.19. The molecule has 0 spiro atoms. The number of para-hydroxylation sites is 1. The smallest absolute Gasteiger partial charge is 0.251 e. The van der Waals surface area contributed by atoms with Gasteiger partial charge < -0.3 is 15.5 Å². The topological polar surface area (TPSA) is 61.4 Å². The van der Waals surface area contributed by atoms with Crippen LogP contribution in [0.15, 0.2) is 54.6 Å². The van der Waals surface area contributed by atoms with E-state index in [0.29, 0.717) is 11.5 Å². The third-order valence-electron chi connectivity index (χ3n) is 7.08. The third-order valence-corrected chi connectivity index (χ3v) is 7.08. The molecular formula is C25H29N3O2. The molecule has 2 heterocycles. The molecule has 5 rings (SSSR count). The Morgan fingerprint density at radius 2 is 1.70 bits per heavy atom. The highest BCUT2D eigenvalue weighted by atomic mass is 16.2. The summed E-state index contributed by atoms with van der Waals surface area (Å²) in [6.07, 6.45) is 4.86. The van der Waals surface area contributed by atoms with Crippen molar-refractivity contribution in [1.82, 2.24) is 10.2 Å². The average molecular weight is 404 g/mol. The molecule has 1 saturated carbocycles. The minimum atomic E-state index is -0.132. The molecule has 3 aliphatic rings. The first-order valence-electron chi connectivity index (χ1n) is 11.2. The van der Waals surface area contributed by atoms with Crippen molar-refractivity contribution in [3.63, 3.8) is 0 Å². The third kappa shape index (κ3) is 3.47. The van der Waals surface area contributed by atoms with Crippen LogP contribution in [0.25, 0.3) is 0 Å². The summed E-state index contributed by atoms with van der Waals surface area (Å²) in [7, 11) is 0. The minimum Gasteiger partial charge on any atom is -0.384 e. The summed E-state index contributed by atoms with van der Waals surface area (Å²) in [4.78, 5) is 28.6. The second kappa shape index (κ2) is 8.13. The molecule has 2 fully saturated rings. The quantitative estimate of drug-likeness (QED) is 0.815. The summed E-state index contributed by atoms with van der Waals surface area (Å²) in [6, 6.07) is 17.7. The van der Waals surface area contributed by atoms with Crippen LogP contribution in [-0.2, 0) is 4.79 Å². The van der Waals surface area contributed by atoms with Crippen molar-refractivity contribution >= 4 is 17.5 Å². The first kappa shape index (κ1) is 19.2. The van der Waals surface area contributed by atoms with E-state index in [4.69, 9.17) is 0 Å². The van der Waals surface area contributed by atoms with Gasteiger partial charge in [-0.15, -0.1) is 0 Å². The highest BCUT2D eigenvalue weighted by Gasteiger charge is 2.44. The van der Waals surface area contributed by atoms with Crippen molar-refractivity contribution in [2.24, 2.45) is 11.8 Å². The van der Waals surface area contributed by atoms with E-state index in [-0.39, 0.29) is 29.8 Å². The van der Waals surface area contributed by atoms with Gasteiger partial charge in [-0.3, -0.25) is 9.59 Å². The van der Waals surface area contributed by atoms with Crippen molar-refractivity contribution in [3.8, 4) is 0 Å². The van der Waals surface area contributed by atoms with Gasteiger partial charge in [-0.05, 0) is 43.0 Å².